The molecule has 3 N–H and O–H groups in total. The van der Waals surface area contributed by atoms with Crippen LogP contribution in [0.25, 0.3) is 67.6 Å². The van der Waals surface area contributed by atoms with Crippen molar-refractivity contribution in [2.45, 2.75) is 219 Å². The van der Waals surface area contributed by atoms with E-state index >= 15 is 0 Å². The number of aliphatic hydroxyl groups is 2. The Labute approximate surface area is 860 Å². The fourth-order valence-electron chi connectivity index (χ4n) is 20.1. The number of ether oxygens (including phenoxy) is 1. The van der Waals surface area contributed by atoms with Crippen molar-refractivity contribution in [2.75, 3.05) is 85.6 Å². The van der Waals surface area contributed by atoms with Crippen LogP contribution in [0.3, 0.4) is 0 Å². The van der Waals surface area contributed by atoms with Crippen molar-refractivity contribution in [3.63, 3.8) is 0 Å². The number of benzene rings is 4. The Morgan fingerprint density at radius 2 is 0.664 bits per heavy atom. The Hall–Kier alpha value is -11.8. The molecule has 0 atom stereocenters. The number of nitrogens with one attached hydrogen (secondary N) is 1. The zero-order chi connectivity index (χ0) is 106. The summed E-state index contributed by atoms with van der Waals surface area (Å²) in [5.74, 6) is -3.81. The van der Waals surface area contributed by atoms with Gasteiger partial charge in [-0.2, -0.15) is 33.6 Å². The summed E-state index contributed by atoms with van der Waals surface area (Å²) in [6.07, 6.45) is 2.69. The highest BCUT2D eigenvalue weighted by Gasteiger charge is 2.63. The van der Waals surface area contributed by atoms with Crippen molar-refractivity contribution in [1.82, 2.24) is 98.0 Å². The monoisotopic (exact) mass is 2090 g/mol. The standard InChI is InChI=1S/C28H30ClF4N5O3.C28H33ClFN5O3.C27H31ClFN5O3.C22H25ClFN5O/c1-15(2)18-10-21(16-5-6-20(30)19(29)9-16)35-38-13-22(34-23(18)38)25(40)37-8-7-36(14-26(37,3)4)24(39)17-11-27(41,12-17)28(31,32)33;1-16(2)20-13-23(17-6-7-22(30)21(29)12-17)32-35-14-24(31-25(20)35)27(37)34-9-8-33(15-28(34,3)4)26(36)18-10-19(11-18)38-5;1-15(2)19-12-22(16-5-6-21(29)20(28)11-16)31-34-13-23(30-24(19)34)26(37)33-8-7-32(14-27(33,3)4)25(36)17-9-18(35)10-17;1-13(2)15-10-18(14-5-6-17(24)16(23)9-14)27-29-11-19(26-20(15)29)21(30)28-8-7-25-12-22(28,3)4/h5-6,9-10,13,15,17,41H,7-8,11-12,14H2,1-4H3;6-7,12-14,16,18-19H,8-11,15H2,1-5H3;5-6,11-13,15,17-18,35H,7-10,14H2,1-4H3;5-6,9-11,13,25H,7-8,12H2,1-4H3. The van der Waals surface area contributed by atoms with Gasteiger partial charge in [0.15, 0.2) is 28.2 Å². The Bertz CT molecular complexity index is 7090. The van der Waals surface area contributed by atoms with Gasteiger partial charge in [0.2, 0.25) is 17.7 Å². The van der Waals surface area contributed by atoms with Gasteiger partial charge in [0.05, 0.1) is 102 Å². The molecule has 3 aliphatic carbocycles. The van der Waals surface area contributed by atoms with Crippen LogP contribution in [0.4, 0.5) is 30.7 Å². The molecule has 30 nitrogen and oxygen atoms in total. The lowest BCUT2D eigenvalue weighted by Gasteiger charge is -2.50. The first kappa shape index (κ1) is 107. The average molecular weight is 2100 g/mol. The predicted molar refractivity (Wildman–Crippen MR) is 539 cm³/mol. The van der Waals surface area contributed by atoms with Crippen LogP contribution in [-0.2, 0) is 19.1 Å². The van der Waals surface area contributed by atoms with Crippen molar-refractivity contribution < 1.29 is 79.2 Å². The predicted octanol–water partition coefficient (Wildman–Crippen LogP) is 18.2. The maximum Gasteiger partial charge on any atom is 0.417 e. The zero-order valence-corrected chi connectivity index (χ0v) is 87.3. The van der Waals surface area contributed by atoms with Crippen LogP contribution in [0.1, 0.15) is 237 Å². The summed E-state index contributed by atoms with van der Waals surface area (Å²) in [4.78, 5) is 124. The number of hydrogen-bond acceptors (Lipinski definition) is 19. The van der Waals surface area contributed by atoms with E-state index < -0.39 is 76.3 Å². The quantitative estimate of drug-likeness (QED) is 0.0757. The number of rotatable bonds is 16. The number of aromatic nitrogens is 12. The fourth-order valence-corrected chi connectivity index (χ4v) is 20.8. The van der Waals surface area contributed by atoms with Crippen LogP contribution in [0.15, 0.2) is 122 Å². The van der Waals surface area contributed by atoms with E-state index in [1.165, 1.54) is 52.0 Å². The summed E-state index contributed by atoms with van der Waals surface area (Å²) in [5.41, 5.74) is 6.94. The van der Waals surface area contributed by atoms with Gasteiger partial charge in [0.1, 0.15) is 46.0 Å². The molecular formula is C105H119Cl4F7N20O10. The molecule has 4 aromatic carbocycles. The van der Waals surface area contributed by atoms with Gasteiger partial charge in [0, 0.05) is 148 Å². The van der Waals surface area contributed by atoms with Gasteiger partial charge in [-0.3, -0.25) is 33.6 Å². The van der Waals surface area contributed by atoms with Crippen LogP contribution in [0.5, 0.6) is 0 Å². The number of halogens is 11. The molecule has 0 unspecified atom stereocenters. The van der Waals surface area contributed by atoms with Crippen molar-refractivity contribution >= 4 is 110 Å². The van der Waals surface area contributed by atoms with Crippen LogP contribution < -0.4 is 5.32 Å². The largest absolute Gasteiger partial charge is 0.417 e. The molecule has 7 fully saturated rings. The van der Waals surface area contributed by atoms with E-state index in [0.29, 0.717) is 138 Å². The summed E-state index contributed by atoms with van der Waals surface area (Å²) < 4.78 is 106. The number of imidazole rings is 4. The summed E-state index contributed by atoms with van der Waals surface area (Å²) >= 11 is 24.0. The summed E-state index contributed by atoms with van der Waals surface area (Å²) in [7, 11) is 1.68. The molecule has 776 valence electrons. The number of fused-ring (bicyclic) bond motifs is 4. The van der Waals surface area contributed by atoms with Gasteiger partial charge in [-0.25, -0.2) is 55.6 Å². The van der Waals surface area contributed by atoms with Gasteiger partial charge in [-0.15, -0.1) is 0 Å². The molecule has 3 saturated carbocycles. The van der Waals surface area contributed by atoms with Crippen molar-refractivity contribution in [3.05, 3.63) is 210 Å². The molecule has 4 saturated heterocycles. The molecule has 12 aromatic rings. The van der Waals surface area contributed by atoms with E-state index in [1.807, 2.05) is 122 Å². The number of piperazine rings is 4. The lowest BCUT2D eigenvalue weighted by Crippen LogP contribution is -2.65. The second-order valence-corrected chi connectivity index (χ2v) is 44.3. The molecule has 0 bridgehead atoms. The van der Waals surface area contributed by atoms with Crippen molar-refractivity contribution in [2.24, 2.45) is 17.8 Å². The van der Waals surface area contributed by atoms with E-state index in [0.717, 1.165) is 48.2 Å². The highest BCUT2D eigenvalue weighted by molar-refractivity contribution is 6.32. The Kier molecular flexibility index (Phi) is 30.3. The fraction of sp³-hybridized carbons (Fsp3) is 0.476. The van der Waals surface area contributed by atoms with Crippen molar-refractivity contribution in [1.29, 1.82) is 0 Å². The molecule has 4 aliphatic heterocycles. The zero-order valence-electron chi connectivity index (χ0n) is 84.3. The summed E-state index contributed by atoms with van der Waals surface area (Å²) in [6, 6.07) is 25.4. The first-order valence-electron chi connectivity index (χ1n) is 48.9. The van der Waals surface area contributed by atoms with Gasteiger partial charge in [-0.1, -0.05) is 102 Å². The van der Waals surface area contributed by atoms with E-state index in [-0.39, 0.29) is 140 Å². The minimum absolute atomic E-state index is 0.00199. The topological polar surface area (TPSA) is 325 Å². The third-order valence-corrected chi connectivity index (χ3v) is 29.9. The highest BCUT2D eigenvalue weighted by Crippen LogP contribution is 2.50. The molecule has 12 heterocycles. The molecular weight excluding hydrogens is 1980 g/mol. The Morgan fingerprint density at radius 3 is 0.904 bits per heavy atom. The number of methoxy groups -OCH3 is 1. The third kappa shape index (κ3) is 21.8. The van der Waals surface area contributed by atoms with Crippen molar-refractivity contribution in [3.8, 4) is 45.0 Å². The molecule has 146 heavy (non-hydrogen) atoms. The number of aliphatic hydroxyl groups excluding tert-OH is 1. The molecule has 0 radical (unpaired) electrons. The maximum atomic E-state index is 13.7. The number of carbonyl (C=O) groups excluding carboxylic acids is 7. The van der Waals surface area contributed by atoms with Crippen LogP contribution in [0.2, 0.25) is 20.1 Å². The maximum absolute atomic E-state index is 13.7. The molecule has 7 amide bonds. The highest BCUT2D eigenvalue weighted by atomic mass is 35.5. The van der Waals surface area contributed by atoms with E-state index in [2.05, 4.69) is 54.5 Å². The normalized spacial score (nSPS) is 20.7. The van der Waals surface area contributed by atoms with Gasteiger partial charge < -0.3 is 54.6 Å². The second-order valence-electron chi connectivity index (χ2n) is 42.7. The van der Waals surface area contributed by atoms with E-state index in [4.69, 9.17) is 56.1 Å². The Balaban J connectivity index is 0.000000140. The number of alkyl halides is 3. The first-order chi connectivity index (χ1) is 68.6. The lowest BCUT2D eigenvalue weighted by atomic mass is 9.69. The molecule has 8 aromatic heterocycles. The van der Waals surface area contributed by atoms with Gasteiger partial charge >= 0.3 is 6.18 Å². The van der Waals surface area contributed by atoms with Crippen LogP contribution >= 0.6 is 46.4 Å². The van der Waals surface area contributed by atoms with E-state index in [9.17, 15) is 74.5 Å². The minimum Gasteiger partial charge on any atom is -0.393 e. The average Bonchev–Trinajstić information content (AvgIpc) is 0.873. The number of hydrogen-bond donors (Lipinski definition) is 3. The second kappa shape index (κ2) is 41.4. The van der Waals surface area contributed by atoms with Crippen LogP contribution in [-0.4, -0.2) is 276 Å². The molecule has 19 rings (SSSR count). The minimum atomic E-state index is -4.78. The van der Waals surface area contributed by atoms with E-state index in [1.54, 1.807) is 104 Å². The third-order valence-electron chi connectivity index (χ3n) is 28.7. The molecule has 7 aliphatic rings. The van der Waals surface area contributed by atoms with Crippen LogP contribution in [0, 0.1) is 41.0 Å². The number of carbonyl (C=O) groups is 7. The smallest absolute Gasteiger partial charge is 0.393 e. The summed E-state index contributed by atoms with van der Waals surface area (Å²) in [5, 5.41) is 41.2. The van der Waals surface area contributed by atoms with Gasteiger partial charge in [-0.05, 0) is 215 Å². The number of amides is 7. The molecule has 41 heteroatoms. The summed E-state index contributed by atoms with van der Waals surface area (Å²) in [6.45, 7) is 36.9. The first-order valence-corrected chi connectivity index (χ1v) is 50.4. The Morgan fingerprint density at radius 1 is 0.397 bits per heavy atom. The number of nitrogens with zero attached hydrogens (tertiary/aromatic N) is 19. The SMILES string of the molecule is CC(C)c1cc(-c2ccc(F)c(Cl)c2)nn2cc(C(=O)N3CCN(C(=O)C4CC(O)(C(F)(F)F)C4)CC3(C)C)nc12.CC(C)c1cc(-c2ccc(F)c(Cl)c2)nn2cc(C(=O)N3CCN(C(=O)C4CC(O)C4)CC3(C)C)nc12.CC(C)c1cc(-c2ccc(F)c(Cl)c2)nn2cc(C(=O)N3CCNCC3(C)C)nc12.COC1CC(C(=O)N2CCN(C(=O)c3cn4nc(-c5ccc(F)c(Cl)c5)cc(C(C)C)c4n3)C(C)(C)C2)C1. The molecule has 0 spiro atoms. The van der Waals surface area contributed by atoms with Gasteiger partial charge in [0.25, 0.3) is 23.6 Å². The lowest BCUT2D eigenvalue weighted by molar-refractivity contribution is -0.297.